The molecule has 0 aromatic carbocycles. The van der Waals surface area contributed by atoms with Crippen LogP contribution in [-0.2, 0) is 14.9 Å². The van der Waals surface area contributed by atoms with Gasteiger partial charge in [-0.15, -0.1) is 0 Å². The van der Waals surface area contributed by atoms with Gasteiger partial charge < -0.3 is 9.47 Å². The maximum absolute atomic E-state index is 12.1. The highest BCUT2D eigenvalue weighted by molar-refractivity contribution is 5.86. The van der Waals surface area contributed by atoms with Crippen LogP contribution in [-0.4, -0.2) is 24.7 Å². The maximum atomic E-state index is 12.1. The molecule has 0 aliphatic rings. The lowest BCUT2D eigenvalue weighted by Gasteiger charge is -2.24. The van der Waals surface area contributed by atoms with E-state index in [2.05, 4.69) is 11.1 Å². The monoisotopic (exact) mass is 262 g/mol. The Kier molecular flexibility index (Phi) is 5.31. The molecule has 0 N–H and O–H groups in total. The molecule has 0 saturated carbocycles. The Bertz CT molecular complexity index is 465. The van der Waals surface area contributed by atoms with Crippen molar-refractivity contribution in [3.8, 4) is 11.9 Å². The molecule has 1 rings (SSSR count). The molecular formula is C14H18N2O3. The van der Waals surface area contributed by atoms with Crippen LogP contribution in [0.2, 0.25) is 0 Å². The Hall–Kier alpha value is -2.09. The van der Waals surface area contributed by atoms with Gasteiger partial charge >= 0.3 is 5.97 Å². The molecule has 0 amide bonds. The van der Waals surface area contributed by atoms with Crippen LogP contribution in [0.1, 0.15) is 32.3 Å². The molecule has 1 aromatic heterocycles. The lowest BCUT2D eigenvalue weighted by molar-refractivity contribution is -0.148. The summed E-state index contributed by atoms with van der Waals surface area (Å²) >= 11 is 0. The fourth-order valence-corrected chi connectivity index (χ4v) is 1.91. The molecule has 5 nitrogen and oxygen atoms in total. The summed E-state index contributed by atoms with van der Waals surface area (Å²) in [5.41, 5.74) is -0.750. The highest BCUT2D eigenvalue weighted by Crippen LogP contribution is 2.31. The van der Waals surface area contributed by atoms with Crippen molar-refractivity contribution >= 4 is 5.97 Å². The van der Waals surface area contributed by atoms with Gasteiger partial charge in [-0.05, 0) is 19.4 Å². The van der Waals surface area contributed by atoms with E-state index in [0.717, 1.165) is 0 Å². The summed E-state index contributed by atoms with van der Waals surface area (Å²) in [6.07, 6.45) is 2.59. The predicted octanol–water partition coefficient (Wildman–Crippen LogP) is 2.21. The van der Waals surface area contributed by atoms with E-state index in [1.54, 1.807) is 19.1 Å². The van der Waals surface area contributed by atoms with E-state index in [4.69, 9.17) is 9.47 Å². The quantitative estimate of drug-likeness (QED) is 0.735. The molecule has 1 heterocycles. The number of hydrogen-bond acceptors (Lipinski definition) is 5. The lowest BCUT2D eigenvalue weighted by Crippen LogP contribution is -2.36. The molecule has 1 atom stereocenters. The molecule has 1 unspecified atom stereocenters. The zero-order chi connectivity index (χ0) is 14.3. The zero-order valence-electron chi connectivity index (χ0n) is 11.5. The molecule has 0 spiro atoms. The third kappa shape index (κ3) is 3.02. The number of nitrogens with zero attached hydrogens (tertiary/aromatic N) is 2. The third-order valence-corrected chi connectivity index (χ3v) is 2.88. The van der Waals surface area contributed by atoms with E-state index in [0.29, 0.717) is 24.3 Å². The van der Waals surface area contributed by atoms with Crippen LogP contribution in [0.5, 0.6) is 5.88 Å². The van der Waals surface area contributed by atoms with Crippen molar-refractivity contribution in [3.63, 3.8) is 0 Å². The number of carbonyl (C=O) groups excluding carboxylic acids is 1. The number of aromatic nitrogens is 1. The minimum Gasteiger partial charge on any atom is -0.481 e. The van der Waals surface area contributed by atoms with Gasteiger partial charge in [0, 0.05) is 17.8 Å². The van der Waals surface area contributed by atoms with E-state index in [1.807, 2.05) is 6.92 Å². The first-order chi connectivity index (χ1) is 9.14. The second-order valence-electron chi connectivity index (χ2n) is 4.08. The largest absolute Gasteiger partial charge is 0.481 e. The molecule has 0 bridgehead atoms. The minimum absolute atomic E-state index is 0.246. The molecule has 19 heavy (non-hydrogen) atoms. The van der Waals surface area contributed by atoms with Gasteiger partial charge in [0.05, 0.1) is 19.8 Å². The van der Waals surface area contributed by atoms with Gasteiger partial charge in [-0.1, -0.05) is 13.3 Å². The molecule has 0 fully saturated rings. The molecule has 5 heteroatoms. The van der Waals surface area contributed by atoms with E-state index in [9.17, 15) is 10.1 Å². The number of pyridine rings is 1. The van der Waals surface area contributed by atoms with Gasteiger partial charge in [0.25, 0.3) is 0 Å². The first-order valence-electron chi connectivity index (χ1n) is 6.23. The third-order valence-electron chi connectivity index (χ3n) is 2.88. The van der Waals surface area contributed by atoms with Crippen molar-refractivity contribution in [1.82, 2.24) is 4.98 Å². The second kappa shape index (κ2) is 6.74. The summed E-state index contributed by atoms with van der Waals surface area (Å²) in [5, 5.41) is 9.47. The molecular weight excluding hydrogens is 244 g/mol. The topological polar surface area (TPSA) is 72.2 Å². The van der Waals surface area contributed by atoms with Crippen molar-refractivity contribution < 1.29 is 14.3 Å². The SMILES string of the molecule is CCCC(C#N)(C(=O)OCC)c1ccc(OC)nc1. The number of esters is 1. The van der Waals surface area contributed by atoms with Crippen LogP contribution in [0.4, 0.5) is 0 Å². The van der Waals surface area contributed by atoms with Crippen molar-refractivity contribution in [3.05, 3.63) is 23.9 Å². The number of carbonyl (C=O) groups is 1. The zero-order valence-corrected chi connectivity index (χ0v) is 11.5. The predicted molar refractivity (Wildman–Crippen MR) is 69.6 cm³/mol. The molecule has 1 aromatic rings. The van der Waals surface area contributed by atoms with Crippen LogP contribution in [0, 0.1) is 11.3 Å². The van der Waals surface area contributed by atoms with E-state index >= 15 is 0 Å². The van der Waals surface area contributed by atoms with Gasteiger partial charge in [-0.2, -0.15) is 5.26 Å². The van der Waals surface area contributed by atoms with Crippen LogP contribution in [0.3, 0.4) is 0 Å². The number of ether oxygens (including phenoxy) is 2. The average Bonchev–Trinajstić information content (AvgIpc) is 2.45. The number of methoxy groups -OCH3 is 1. The molecule has 0 radical (unpaired) electrons. The average molecular weight is 262 g/mol. The van der Waals surface area contributed by atoms with Crippen molar-refractivity contribution in [2.24, 2.45) is 0 Å². The van der Waals surface area contributed by atoms with Crippen molar-refractivity contribution in [2.45, 2.75) is 32.1 Å². The molecule has 0 aliphatic heterocycles. The van der Waals surface area contributed by atoms with Crippen LogP contribution >= 0.6 is 0 Å². The van der Waals surface area contributed by atoms with E-state index in [1.165, 1.54) is 13.3 Å². The Morgan fingerprint density at radius 1 is 1.47 bits per heavy atom. The standard InChI is InChI=1S/C14H18N2O3/c1-4-8-14(10-15,13(17)19-5-2)11-6-7-12(18-3)16-9-11/h6-7,9H,4-5,8H2,1-3H3. The Morgan fingerprint density at radius 2 is 2.21 bits per heavy atom. The first kappa shape index (κ1) is 15.0. The van der Waals surface area contributed by atoms with Crippen LogP contribution in [0.25, 0.3) is 0 Å². The summed E-state index contributed by atoms with van der Waals surface area (Å²) in [4.78, 5) is 16.2. The maximum Gasteiger partial charge on any atom is 0.331 e. The number of hydrogen-bond donors (Lipinski definition) is 0. The van der Waals surface area contributed by atoms with Crippen molar-refractivity contribution in [1.29, 1.82) is 5.26 Å². The van der Waals surface area contributed by atoms with Crippen LogP contribution < -0.4 is 4.74 Å². The first-order valence-corrected chi connectivity index (χ1v) is 6.23. The van der Waals surface area contributed by atoms with Gasteiger partial charge in [-0.3, -0.25) is 0 Å². The Morgan fingerprint density at radius 3 is 2.63 bits per heavy atom. The van der Waals surface area contributed by atoms with Gasteiger partial charge in [-0.25, -0.2) is 9.78 Å². The summed E-state index contributed by atoms with van der Waals surface area (Å²) in [6, 6.07) is 5.42. The highest BCUT2D eigenvalue weighted by atomic mass is 16.5. The second-order valence-corrected chi connectivity index (χ2v) is 4.08. The number of nitriles is 1. The van der Waals surface area contributed by atoms with Gasteiger partial charge in [0.15, 0.2) is 5.41 Å². The minimum atomic E-state index is -1.29. The molecule has 0 saturated heterocycles. The van der Waals surface area contributed by atoms with E-state index in [-0.39, 0.29) is 6.61 Å². The smallest absolute Gasteiger partial charge is 0.331 e. The fraction of sp³-hybridized carbons (Fsp3) is 0.500. The van der Waals surface area contributed by atoms with Crippen molar-refractivity contribution in [2.75, 3.05) is 13.7 Å². The number of rotatable bonds is 6. The molecule has 102 valence electrons. The normalized spacial score (nSPS) is 13.2. The summed E-state index contributed by atoms with van der Waals surface area (Å²) in [6.45, 7) is 3.88. The highest BCUT2D eigenvalue weighted by Gasteiger charge is 2.41. The van der Waals surface area contributed by atoms with Gasteiger partial charge in [0.1, 0.15) is 0 Å². The van der Waals surface area contributed by atoms with Crippen LogP contribution in [0.15, 0.2) is 18.3 Å². The Labute approximate surface area is 113 Å². The van der Waals surface area contributed by atoms with E-state index < -0.39 is 11.4 Å². The Balaban J connectivity index is 3.21. The summed E-state index contributed by atoms with van der Waals surface area (Å²) < 4.78 is 10.0. The summed E-state index contributed by atoms with van der Waals surface area (Å²) in [7, 11) is 1.51. The lowest BCUT2D eigenvalue weighted by atomic mass is 9.79. The molecule has 0 aliphatic carbocycles. The summed E-state index contributed by atoms with van der Waals surface area (Å²) in [5.74, 6) is -0.0812. The fourth-order valence-electron chi connectivity index (χ4n) is 1.91. The van der Waals surface area contributed by atoms with Gasteiger partial charge in [0.2, 0.25) is 5.88 Å².